The van der Waals surface area contributed by atoms with Crippen LogP contribution in [0.25, 0.3) is 0 Å². The van der Waals surface area contributed by atoms with E-state index in [9.17, 15) is 5.11 Å². The molecule has 2 nitrogen and oxygen atoms in total. The fourth-order valence-electron chi connectivity index (χ4n) is 2.98. The first kappa shape index (κ1) is 12.9. The van der Waals surface area contributed by atoms with Crippen molar-refractivity contribution in [2.75, 3.05) is 19.7 Å². The van der Waals surface area contributed by atoms with Crippen LogP contribution in [0.5, 0.6) is 0 Å². The van der Waals surface area contributed by atoms with Crippen LogP contribution >= 0.6 is 11.3 Å². The summed E-state index contributed by atoms with van der Waals surface area (Å²) in [5.74, 6) is 0.860. The summed E-state index contributed by atoms with van der Waals surface area (Å²) in [7, 11) is 0. The molecule has 1 saturated heterocycles. The first-order chi connectivity index (χ1) is 9.36. The number of likely N-dealkylation sites (tertiary alicyclic amines) is 1. The molecule has 1 aromatic heterocycles. The standard InChI is InChI=1S/C16H19NOS/c18-11-15-9-17(8-13-4-2-1-3-5-13)10-16(15)14-6-7-19-12-14/h1-7,12,15-16,18H,8-11H2. The first-order valence-electron chi connectivity index (χ1n) is 6.76. The van der Waals surface area contributed by atoms with Gasteiger partial charge in [-0.05, 0) is 28.0 Å². The number of aliphatic hydroxyl groups is 1. The summed E-state index contributed by atoms with van der Waals surface area (Å²) < 4.78 is 0. The zero-order valence-electron chi connectivity index (χ0n) is 10.9. The molecule has 2 heterocycles. The minimum Gasteiger partial charge on any atom is -0.396 e. The van der Waals surface area contributed by atoms with E-state index in [4.69, 9.17) is 0 Å². The highest BCUT2D eigenvalue weighted by Crippen LogP contribution is 2.34. The lowest BCUT2D eigenvalue weighted by molar-refractivity contribution is 0.214. The molecule has 0 saturated carbocycles. The fraction of sp³-hybridized carbons (Fsp3) is 0.375. The van der Waals surface area contributed by atoms with Crippen molar-refractivity contribution in [3.05, 3.63) is 58.3 Å². The van der Waals surface area contributed by atoms with Gasteiger partial charge in [0.25, 0.3) is 0 Å². The average Bonchev–Trinajstić information content (AvgIpc) is 3.08. The molecule has 2 unspecified atom stereocenters. The molecule has 2 aromatic rings. The maximum Gasteiger partial charge on any atom is 0.0477 e. The van der Waals surface area contributed by atoms with E-state index in [1.54, 1.807) is 11.3 Å². The van der Waals surface area contributed by atoms with Gasteiger partial charge in [-0.15, -0.1) is 0 Å². The Morgan fingerprint density at radius 3 is 2.68 bits per heavy atom. The highest BCUT2D eigenvalue weighted by atomic mass is 32.1. The summed E-state index contributed by atoms with van der Waals surface area (Å²) in [6.45, 7) is 3.31. The van der Waals surface area contributed by atoms with Gasteiger partial charge in [-0.2, -0.15) is 11.3 Å². The van der Waals surface area contributed by atoms with E-state index in [0.717, 1.165) is 19.6 Å². The zero-order chi connectivity index (χ0) is 13.1. The van der Waals surface area contributed by atoms with Crippen molar-refractivity contribution < 1.29 is 5.11 Å². The van der Waals surface area contributed by atoms with E-state index in [2.05, 4.69) is 52.1 Å². The molecule has 0 amide bonds. The molecular weight excluding hydrogens is 254 g/mol. The predicted molar refractivity (Wildman–Crippen MR) is 79.4 cm³/mol. The Balaban J connectivity index is 1.70. The van der Waals surface area contributed by atoms with E-state index in [0.29, 0.717) is 11.8 Å². The van der Waals surface area contributed by atoms with Gasteiger partial charge in [-0.3, -0.25) is 4.90 Å². The summed E-state index contributed by atoms with van der Waals surface area (Å²) in [6, 6.07) is 12.8. The molecule has 0 spiro atoms. The lowest BCUT2D eigenvalue weighted by Gasteiger charge is -2.15. The van der Waals surface area contributed by atoms with Gasteiger partial charge >= 0.3 is 0 Å². The quantitative estimate of drug-likeness (QED) is 0.926. The molecule has 0 radical (unpaired) electrons. The molecule has 1 aliphatic rings. The molecule has 0 aliphatic carbocycles. The van der Waals surface area contributed by atoms with Crippen LogP contribution in [0.1, 0.15) is 17.0 Å². The Morgan fingerprint density at radius 1 is 1.16 bits per heavy atom. The molecule has 100 valence electrons. The number of thiophene rings is 1. The SMILES string of the molecule is OCC1CN(Cc2ccccc2)CC1c1ccsc1. The normalized spacial score (nSPS) is 23.8. The van der Waals surface area contributed by atoms with Crippen molar-refractivity contribution in [1.82, 2.24) is 4.90 Å². The van der Waals surface area contributed by atoms with Gasteiger partial charge in [-0.1, -0.05) is 30.3 Å². The molecule has 3 heteroatoms. The maximum atomic E-state index is 9.60. The minimum absolute atomic E-state index is 0.284. The fourth-order valence-corrected chi connectivity index (χ4v) is 3.70. The number of hydrogen-bond donors (Lipinski definition) is 1. The van der Waals surface area contributed by atoms with Gasteiger partial charge in [-0.25, -0.2) is 0 Å². The topological polar surface area (TPSA) is 23.5 Å². The van der Waals surface area contributed by atoms with Gasteiger partial charge in [0.05, 0.1) is 0 Å². The van der Waals surface area contributed by atoms with Crippen LogP contribution < -0.4 is 0 Å². The Morgan fingerprint density at radius 2 is 2.00 bits per heavy atom. The lowest BCUT2D eigenvalue weighted by atomic mass is 9.92. The van der Waals surface area contributed by atoms with Crippen molar-refractivity contribution in [3.8, 4) is 0 Å². The number of nitrogens with zero attached hydrogens (tertiary/aromatic N) is 1. The molecule has 1 aliphatic heterocycles. The number of hydrogen-bond acceptors (Lipinski definition) is 3. The number of benzene rings is 1. The third-order valence-electron chi connectivity index (χ3n) is 3.97. The van der Waals surface area contributed by atoms with Crippen molar-refractivity contribution in [2.45, 2.75) is 12.5 Å². The van der Waals surface area contributed by atoms with Gasteiger partial charge < -0.3 is 5.11 Å². The second-order valence-electron chi connectivity index (χ2n) is 5.29. The lowest BCUT2D eigenvalue weighted by Crippen LogP contribution is -2.20. The molecular formula is C16H19NOS. The molecule has 1 aromatic carbocycles. The van der Waals surface area contributed by atoms with Crippen LogP contribution in [-0.4, -0.2) is 29.7 Å². The molecule has 2 atom stereocenters. The maximum absolute atomic E-state index is 9.60. The third kappa shape index (κ3) is 2.89. The Labute approximate surface area is 118 Å². The van der Waals surface area contributed by atoms with Crippen molar-refractivity contribution in [3.63, 3.8) is 0 Å². The monoisotopic (exact) mass is 273 g/mol. The average molecular weight is 273 g/mol. The van der Waals surface area contributed by atoms with E-state index < -0.39 is 0 Å². The van der Waals surface area contributed by atoms with Crippen LogP contribution in [0.3, 0.4) is 0 Å². The predicted octanol–water partition coefficient (Wildman–Crippen LogP) is 2.96. The highest BCUT2D eigenvalue weighted by Gasteiger charge is 2.33. The highest BCUT2D eigenvalue weighted by molar-refractivity contribution is 7.07. The Bertz CT molecular complexity index is 497. The second kappa shape index (κ2) is 5.87. The van der Waals surface area contributed by atoms with Crippen LogP contribution in [0.2, 0.25) is 0 Å². The van der Waals surface area contributed by atoms with Crippen LogP contribution in [-0.2, 0) is 6.54 Å². The summed E-state index contributed by atoms with van der Waals surface area (Å²) in [4.78, 5) is 2.46. The minimum atomic E-state index is 0.284. The summed E-state index contributed by atoms with van der Waals surface area (Å²) in [6.07, 6.45) is 0. The van der Waals surface area contributed by atoms with Crippen molar-refractivity contribution >= 4 is 11.3 Å². The van der Waals surface area contributed by atoms with Crippen molar-refractivity contribution in [2.24, 2.45) is 5.92 Å². The number of aliphatic hydroxyl groups excluding tert-OH is 1. The molecule has 0 bridgehead atoms. The number of rotatable bonds is 4. The van der Waals surface area contributed by atoms with E-state index in [1.165, 1.54) is 11.1 Å². The third-order valence-corrected chi connectivity index (χ3v) is 4.67. The Hall–Kier alpha value is -1.16. The van der Waals surface area contributed by atoms with Crippen LogP contribution in [0.4, 0.5) is 0 Å². The van der Waals surface area contributed by atoms with E-state index in [-0.39, 0.29) is 6.61 Å². The second-order valence-corrected chi connectivity index (χ2v) is 6.07. The summed E-state index contributed by atoms with van der Waals surface area (Å²) >= 11 is 1.74. The molecule has 19 heavy (non-hydrogen) atoms. The van der Waals surface area contributed by atoms with Crippen LogP contribution in [0, 0.1) is 5.92 Å². The van der Waals surface area contributed by atoms with E-state index >= 15 is 0 Å². The summed E-state index contributed by atoms with van der Waals surface area (Å²) in [5.41, 5.74) is 2.74. The largest absolute Gasteiger partial charge is 0.396 e. The summed E-state index contributed by atoms with van der Waals surface area (Å²) in [5, 5.41) is 13.9. The first-order valence-corrected chi connectivity index (χ1v) is 7.70. The zero-order valence-corrected chi connectivity index (χ0v) is 11.7. The van der Waals surface area contributed by atoms with Gasteiger partial charge in [0.2, 0.25) is 0 Å². The van der Waals surface area contributed by atoms with E-state index in [1.807, 2.05) is 0 Å². The van der Waals surface area contributed by atoms with Gasteiger partial charge in [0.1, 0.15) is 0 Å². The van der Waals surface area contributed by atoms with Gasteiger partial charge in [0.15, 0.2) is 0 Å². The molecule has 3 rings (SSSR count). The van der Waals surface area contributed by atoms with Gasteiger partial charge in [0, 0.05) is 38.1 Å². The van der Waals surface area contributed by atoms with Crippen molar-refractivity contribution in [1.29, 1.82) is 0 Å². The molecule has 1 N–H and O–H groups in total. The smallest absolute Gasteiger partial charge is 0.0477 e. The Kier molecular flexibility index (Phi) is 3.97. The van der Waals surface area contributed by atoms with Crippen LogP contribution in [0.15, 0.2) is 47.2 Å². The molecule has 1 fully saturated rings.